The Balaban J connectivity index is 0.000000201. The zero-order valence-corrected chi connectivity index (χ0v) is 40.7. The molecule has 2 atom stereocenters. The predicted molar refractivity (Wildman–Crippen MR) is 228 cm³/mol. The van der Waals surface area contributed by atoms with Gasteiger partial charge >= 0.3 is 19.5 Å². The van der Waals surface area contributed by atoms with Gasteiger partial charge in [0.1, 0.15) is 11.5 Å². The Morgan fingerprint density at radius 1 is 0.623 bits per heavy atom. The molecule has 0 saturated carbocycles. The third kappa shape index (κ3) is 11.7. The van der Waals surface area contributed by atoms with Crippen LogP contribution in [0.15, 0.2) is 71.2 Å². The van der Waals surface area contributed by atoms with Crippen molar-refractivity contribution in [3.63, 3.8) is 0 Å². The summed E-state index contributed by atoms with van der Waals surface area (Å²) in [6.07, 6.45) is 3.52. The first kappa shape index (κ1) is 46.5. The van der Waals surface area contributed by atoms with Gasteiger partial charge in [0.2, 0.25) is 0 Å². The van der Waals surface area contributed by atoms with Crippen molar-refractivity contribution in [3.05, 3.63) is 94.6 Å². The van der Waals surface area contributed by atoms with Crippen LogP contribution in [0.5, 0.6) is 11.5 Å². The molecular formula is C44H52N6O8S2Zn. The molecule has 0 spiro atoms. The molecule has 320 valence electrons. The van der Waals surface area contributed by atoms with Gasteiger partial charge in [-0.25, -0.2) is 0 Å². The molecule has 2 aliphatic heterocycles. The molecule has 0 amide bonds. The summed E-state index contributed by atoms with van der Waals surface area (Å²) in [5.74, 6) is 1.27. The van der Waals surface area contributed by atoms with Crippen molar-refractivity contribution in [2.45, 2.75) is 88.8 Å². The largest absolute Gasteiger partial charge is 2.00 e. The molecule has 0 radical (unpaired) electrons. The number of aromatic nitrogens is 6. The van der Waals surface area contributed by atoms with E-state index >= 15 is 0 Å². The number of hydrogen-bond donors (Lipinski definition) is 0. The fourth-order valence-electron chi connectivity index (χ4n) is 6.65. The second-order valence-corrected chi connectivity index (χ2v) is 18.7. The Labute approximate surface area is 374 Å². The van der Waals surface area contributed by atoms with Crippen molar-refractivity contribution in [1.82, 2.24) is 29.9 Å². The molecule has 14 nitrogen and oxygen atoms in total. The second-order valence-electron chi connectivity index (χ2n) is 16.1. The van der Waals surface area contributed by atoms with Crippen LogP contribution in [0.25, 0.3) is 22.1 Å². The minimum atomic E-state index is -1.39. The fraction of sp³-hybridized carbons (Fsp3) is 0.455. The molecule has 2 aliphatic rings. The number of rotatable bonds is 12. The Bertz CT molecular complexity index is 2250. The fourth-order valence-corrected chi connectivity index (χ4v) is 8.79. The van der Waals surface area contributed by atoms with E-state index in [4.69, 9.17) is 28.4 Å². The van der Waals surface area contributed by atoms with Gasteiger partial charge in [0.05, 0.1) is 84.1 Å². The number of fused-ring (bicyclic) bond motifs is 2. The van der Waals surface area contributed by atoms with E-state index in [0.29, 0.717) is 50.0 Å². The number of benzene rings is 2. The van der Waals surface area contributed by atoms with Crippen LogP contribution in [0.4, 0.5) is 0 Å². The van der Waals surface area contributed by atoms with Crippen LogP contribution in [-0.2, 0) is 71.5 Å². The zero-order chi connectivity index (χ0) is 42.6. The second kappa shape index (κ2) is 20.0. The quantitative estimate of drug-likeness (QED) is 0.121. The predicted octanol–water partition coefficient (Wildman–Crippen LogP) is 6.58. The standard InChI is InChI=1S/2C22H26N3O4S.Zn/c2*1-14-9-23-19(13-30(26)21-24-17-7-5-6-8-18(17)25-21)15(2)20(14)27-10-16-11-28-22(3,4)29-12-16;/h2*5-9,16H,10-13H2,1-4H3;/q2*-1;+2. The first-order chi connectivity index (χ1) is 28.6. The Hall–Kier alpha value is -3.96. The summed E-state index contributed by atoms with van der Waals surface area (Å²) in [5.41, 5.74) is 8.09. The van der Waals surface area contributed by atoms with Crippen molar-refractivity contribution in [2.24, 2.45) is 11.8 Å². The number of nitrogens with zero attached hydrogens (tertiary/aromatic N) is 6. The maximum Gasteiger partial charge on any atom is 2.00 e. The summed E-state index contributed by atoms with van der Waals surface area (Å²) in [6, 6.07) is 15.0. The maximum atomic E-state index is 12.9. The van der Waals surface area contributed by atoms with Gasteiger partial charge in [-0.15, -0.1) is 0 Å². The molecule has 6 aromatic rings. The maximum absolute atomic E-state index is 12.9. The van der Waals surface area contributed by atoms with Crippen molar-refractivity contribution in [2.75, 3.05) is 39.6 Å². The van der Waals surface area contributed by atoms with Crippen molar-refractivity contribution < 1.29 is 56.3 Å². The number of para-hydroxylation sites is 4. The number of pyridine rings is 2. The molecule has 8 rings (SSSR count). The van der Waals surface area contributed by atoms with Gasteiger partial charge in [-0.1, -0.05) is 48.5 Å². The molecule has 6 heterocycles. The number of imidazole rings is 2. The Morgan fingerprint density at radius 3 is 1.34 bits per heavy atom. The van der Waals surface area contributed by atoms with E-state index in [1.807, 2.05) is 104 Å². The van der Waals surface area contributed by atoms with Crippen LogP contribution in [0, 0.1) is 39.5 Å². The van der Waals surface area contributed by atoms with E-state index in [0.717, 1.165) is 67.2 Å². The molecule has 2 saturated heterocycles. The van der Waals surface area contributed by atoms with Gasteiger partial charge in [0, 0.05) is 56.8 Å². The van der Waals surface area contributed by atoms with Crippen LogP contribution in [0.1, 0.15) is 61.3 Å². The molecule has 4 aromatic heterocycles. The van der Waals surface area contributed by atoms with Crippen LogP contribution < -0.4 is 19.4 Å². The third-order valence-corrected chi connectivity index (χ3v) is 12.5. The van der Waals surface area contributed by atoms with Crippen LogP contribution in [0.3, 0.4) is 0 Å². The average molecular weight is 922 g/mol. The number of ether oxygens (including phenoxy) is 6. The van der Waals surface area contributed by atoms with Gasteiger partial charge in [-0.3, -0.25) is 18.4 Å². The molecule has 2 fully saturated rings. The van der Waals surface area contributed by atoms with Crippen LogP contribution >= 0.6 is 0 Å². The molecule has 0 bridgehead atoms. The van der Waals surface area contributed by atoms with Crippen molar-refractivity contribution >= 4 is 43.7 Å². The van der Waals surface area contributed by atoms with Gasteiger partial charge < -0.3 is 48.4 Å². The molecule has 2 aromatic carbocycles. The molecule has 0 N–H and O–H groups in total. The van der Waals surface area contributed by atoms with Crippen LogP contribution in [-0.4, -0.2) is 79.6 Å². The first-order valence-electron chi connectivity index (χ1n) is 19.9. The van der Waals surface area contributed by atoms with Gasteiger partial charge in [-0.2, -0.15) is 0 Å². The summed E-state index contributed by atoms with van der Waals surface area (Å²) >= 11 is 0. The van der Waals surface area contributed by atoms with E-state index in [9.17, 15) is 8.42 Å². The average Bonchev–Trinajstić information content (AvgIpc) is 3.87. The molecule has 17 heteroatoms. The summed E-state index contributed by atoms with van der Waals surface area (Å²) < 4.78 is 60.8. The van der Waals surface area contributed by atoms with Crippen molar-refractivity contribution in [1.29, 1.82) is 0 Å². The summed E-state index contributed by atoms with van der Waals surface area (Å²) in [4.78, 5) is 26.5. The summed E-state index contributed by atoms with van der Waals surface area (Å²) in [7, 11) is -2.78. The van der Waals surface area contributed by atoms with Gasteiger partial charge in [-0.05, 0) is 77.5 Å². The third-order valence-electron chi connectivity index (χ3n) is 10.3. The number of aryl methyl sites for hydroxylation is 2. The Morgan fingerprint density at radius 2 is 0.984 bits per heavy atom. The first-order valence-corrected chi connectivity index (χ1v) is 22.6. The van der Waals surface area contributed by atoms with Crippen molar-refractivity contribution in [3.8, 4) is 11.5 Å². The molecular weight excluding hydrogens is 870 g/mol. The van der Waals surface area contributed by atoms with E-state index in [1.165, 1.54) is 0 Å². The van der Waals surface area contributed by atoms with E-state index in [1.54, 1.807) is 12.4 Å². The molecule has 61 heavy (non-hydrogen) atoms. The summed E-state index contributed by atoms with van der Waals surface area (Å²) in [5, 5.41) is 0.666. The van der Waals surface area contributed by atoms with Crippen LogP contribution in [0.2, 0.25) is 0 Å². The van der Waals surface area contributed by atoms with E-state index < -0.39 is 33.2 Å². The monoisotopic (exact) mass is 920 g/mol. The van der Waals surface area contributed by atoms with E-state index in [-0.39, 0.29) is 42.8 Å². The Kier molecular flexibility index (Phi) is 15.3. The van der Waals surface area contributed by atoms with Gasteiger partial charge in [0.25, 0.3) is 0 Å². The molecule has 0 aliphatic carbocycles. The number of hydrogen-bond acceptors (Lipinski definition) is 12. The van der Waals surface area contributed by atoms with Gasteiger partial charge in [0.15, 0.2) is 11.6 Å². The zero-order valence-electron chi connectivity index (χ0n) is 36.1. The van der Waals surface area contributed by atoms with E-state index in [2.05, 4.69) is 29.9 Å². The SMILES string of the molecule is Cc1cnc(CS(=O)c2nc3ccccc3[n-]2)c(C)c1OCC1COC(C)(C)OC1.Cc1cnc(CS(=O)c2nc3ccccc3[n-]2)c(C)c1OCC1COC(C)(C)OC1.[Zn+2]. The normalized spacial score (nSPS) is 17.6. The minimum Gasteiger partial charge on any atom is -0.492 e. The minimum absolute atomic E-state index is 0. The summed E-state index contributed by atoms with van der Waals surface area (Å²) in [6.45, 7) is 18.8. The smallest absolute Gasteiger partial charge is 0.492 e. The molecule has 2 unspecified atom stereocenters. The topological polar surface area (TPSA) is 169 Å².